The number of amides is 10. The maximum atomic E-state index is 14.4. The van der Waals surface area contributed by atoms with Crippen LogP contribution in [-0.4, -0.2) is 156 Å². The summed E-state index contributed by atoms with van der Waals surface area (Å²) in [5.41, 5.74) is -4.59. The van der Waals surface area contributed by atoms with Crippen molar-refractivity contribution in [3.05, 3.63) is 35.6 Å². The average molecular weight is 1190 g/mol. The number of benzene rings is 1. The first-order chi connectivity index (χ1) is 39.1. The smallest absolute Gasteiger partial charge is 0.255 e. The van der Waals surface area contributed by atoms with Gasteiger partial charge in [0.1, 0.15) is 52.6 Å². The standard InChI is InChI=1S/C60H98F3N11O10/c1-36(2)32-43(51(78)67-45(34-38(5)6)53(80)71-60(11,12)57(84)72-58(7,8)55(82)65-28-27-48(75)64-29-31-73(13)35-46(62)63)68-56(83)59(9,10)70-52(79)44(33-37(3)4)66-49(76)42(26-21-39-18-15-14-16-19-39)50(77)69-47-20-17-30-74(47)54(81)40-22-24-41(61)25-23-40/h22-25,36-39,42-47H,14-21,26-35H2,1-13H3,(H,64,75)(H,65,82)(H,66,76)(H,67,78)(H,68,83)(H,69,77)(H,70,79)(H,71,80)(H,72,84)/t42-,43-,44-,45-,47-/m0/s1. The molecule has 0 unspecified atom stereocenters. The molecule has 2 aliphatic rings. The van der Waals surface area contributed by atoms with E-state index in [2.05, 4.69) is 47.9 Å². The van der Waals surface area contributed by atoms with Gasteiger partial charge in [-0.3, -0.25) is 52.8 Å². The molecule has 1 heterocycles. The third kappa shape index (κ3) is 24.3. The molecule has 9 N–H and O–H groups in total. The second-order valence-corrected chi connectivity index (χ2v) is 25.7. The topological polar surface area (TPSA) is 285 Å². The van der Waals surface area contributed by atoms with Gasteiger partial charge in [-0.15, -0.1) is 0 Å². The number of carbonyl (C=O) groups excluding carboxylic acids is 10. The van der Waals surface area contributed by atoms with Gasteiger partial charge in [0.2, 0.25) is 53.2 Å². The van der Waals surface area contributed by atoms with Crippen LogP contribution in [0.2, 0.25) is 0 Å². The number of nitrogens with zero attached hydrogens (tertiary/aromatic N) is 2. The maximum Gasteiger partial charge on any atom is 0.255 e. The van der Waals surface area contributed by atoms with Crippen LogP contribution in [0.5, 0.6) is 0 Å². The third-order valence-electron chi connectivity index (χ3n) is 15.0. The molecule has 0 spiro atoms. The highest BCUT2D eigenvalue weighted by Crippen LogP contribution is 2.30. The number of halogens is 3. The Kier molecular flexibility index (Phi) is 28.6. The number of hydrogen-bond acceptors (Lipinski definition) is 11. The fourth-order valence-electron chi connectivity index (χ4n) is 10.1. The predicted octanol–water partition coefficient (Wildman–Crippen LogP) is 4.58. The second-order valence-electron chi connectivity index (χ2n) is 25.7. The zero-order valence-electron chi connectivity index (χ0n) is 51.9. The molecule has 1 aromatic rings. The number of carbonyl (C=O) groups is 10. The largest absolute Gasteiger partial charge is 0.355 e. The molecule has 84 heavy (non-hydrogen) atoms. The van der Waals surface area contributed by atoms with Gasteiger partial charge in [-0.05, 0) is 141 Å². The number of nitrogens with one attached hydrogen (secondary N) is 9. The molecule has 24 heteroatoms. The van der Waals surface area contributed by atoms with Crippen molar-refractivity contribution >= 4 is 59.1 Å². The van der Waals surface area contributed by atoms with Gasteiger partial charge in [-0.25, -0.2) is 13.2 Å². The number of hydrogen-bond donors (Lipinski definition) is 9. The van der Waals surface area contributed by atoms with Crippen molar-refractivity contribution in [1.82, 2.24) is 57.7 Å². The summed E-state index contributed by atoms with van der Waals surface area (Å²) < 4.78 is 38.9. The van der Waals surface area contributed by atoms with Crippen LogP contribution in [0.1, 0.15) is 177 Å². The van der Waals surface area contributed by atoms with Crippen LogP contribution in [0, 0.1) is 35.4 Å². The van der Waals surface area contributed by atoms with E-state index in [1.807, 2.05) is 41.5 Å². The van der Waals surface area contributed by atoms with E-state index in [1.165, 1.54) is 82.7 Å². The van der Waals surface area contributed by atoms with Crippen molar-refractivity contribution < 1.29 is 61.1 Å². The SMILES string of the molecule is CC(C)C[C@H](NC(=O)[C@H](CCC1CCCCC1)C(=O)N[C@@H]1CCCN1C(=O)c1ccc(F)cc1)C(=O)NC(C)(C)C(=O)N[C@@H](CC(C)C)C(=O)N[C@@H](CC(C)C)C(=O)NC(C)(C)C(=O)NC(C)(C)C(=O)NCCC(=O)NCCN(C)CC(F)F. The minimum Gasteiger partial charge on any atom is -0.355 e. The van der Waals surface area contributed by atoms with E-state index in [4.69, 9.17) is 0 Å². The summed E-state index contributed by atoms with van der Waals surface area (Å²) in [5, 5.41) is 24.6. The molecule has 2 fully saturated rings. The van der Waals surface area contributed by atoms with E-state index in [-0.39, 0.29) is 81.0 Å². The Bertz CT molecular complexity index is 2400. The Hall–Kier alpha value is -6.33. The van der Waals surface area contributed by atoms with E-state index in [0.29, 0.717) is 31.7 Å². The lowest BCUT2D eigenvalue weighted by molar-refractivity contribution is -0.140. The fourth-order valence-corrected chi connectivity index (χ4v) is 10.1. The highest BCUT2D eigenvalue weighted by atomic mass is 19.3. The van der Waals surface area contributed by atoms with Gasteiger partial charge in [0.05, 0.1) is 6.54 Å². The van der Waals surface area contributed by atoms with E-state index in [1.54, 1.807) is 0 Å². The predicted molar refractivity (Wildman–Crippen MR) is 313 cm³/mol. The minimum atomic E-state index is -2.51. The van der Waals surface area contributed by atoms with Crippen LogP contribution in [0.3, 0.4) is 0 Å². The zero-order chi connectivity index (χ0) is 63.3. The molecule has 474 valence electrons. The molecular formula is C60H98F3N11O10. The van der Waals surface area contributed by atoms with Crippen molar-refractivity contribution in [2.24, 2.45) is 29.6 Å². The number of rotatable bonds is 33. The highest BCUT2D eigenvalue weighted by molar-refractivity contribution is 6.03. The lowest BCUT2D eigenvalue weighted by Gasteiger charge is -2.34. The first kappa shape index (κ1) is 71.9. The summed E-state index contributed by atoms with van der Waals surface area (Å²) in [6, 6.07) is 1.52. The van der Waals surface area contributed by atoms with Gasteiger partial charge >= 0.3 is 0 Å². The quantitative estimate of drug-likeness (QED) is 0.0440. The fraction of sp³-hybridized carbons (Fsp3) is 0.733. The maximum absolute atomic E-state index is 14.4. The lowest BCUT2D eigenvalue weighted by atomic mass is 9.83. The van der Waals surface area contributed by atoms with Crippen LogP contribution < -0.4 is 47.9 Å². The monoisotopic (exact) mass is 1190 g/mol. The van der Waals surface area contributed by atoms with Crippen LogP contribution in [-0.2, 0) is 43.2 Å². The molecule has 0 aromatic heterocycles. The van der Waals surface area contributed by atoms with Crippen LogP contribution >= 0.6 is 0 Å². The van der Waals surface area contributed by atoms with Crippen LogP contribution in [0.25, 0.3) is 0 Å². The summed E-state index contributed by atoms with van der Waals surface area (Å²) in [4.78, 5) is 141. The van der Waals surface area contributed by atoms with Gasteiger partial charge in [0, 0.05) is 38.2 Å². The number of likely N-dealkylation sites (N-methyl/N-ethyl adjacent to an activating group) is 1. The normalized spacial score (nSPS) is 16.6. The first-order valence-electron chi connectivity index (χ1n) is 29.9. The van der Waals surface area contributed by atoms with Crippen molar-refractivity contribution in [3.63, 3.8) is 0 Å². The molecule has 1 saturated heterocycles. The molecule has 21 nitrogen and oxygen atoms in total. The molecule has 1 aliphatic carbocycles. The van der Waals surface area contributed by atoms with Gasteiger partial charge in [0.25, 0.3) is 12.3 Å². The minimum absolute atomic E-state index is 0.0869. The molecule has 0 bridgehead atoms. The molecule has 0 radical (unpaired) electrons. The van der Waals surface area contributed by atoms with E-state index >= 15 is 0 Å². The van der Waals surface area contributed by atoms with Crippen molar-refractivity contribution in [3.8, 4) is 0 Å². The van der Waals surface area contributed by atoms with Crippen LogP contribution in [0.15, 0.2) is 24.3 Å². The molecule has 10 amide bonds. The zero-order valence-corrected chi connectivity index (χ0v) is 51.9. The Morgan fingerprint density at radius 2 is 1.11 bits per heavy atom. The molecule has 1 saturated carbocycles. The van der Waals surface area contributed by atoms with Gasteiger partial charge in [-0.2, -0.15) is 0 Å². The van der Waals surface area contributed by atoms with E-state index in [9.17, 15) is 61.1 Å². The number of alkyl halides is 2. The number of likely N-dealkylation sites (tertiary alicyclic amines) is 1. The second kappa shape index (κ2) is 33.4. The van der Waals surface area contributed by atoms with Crippen molar-refractivity contribution in [1.29, 1.82) is 0 Å². The molecule has 5 atom stereocenters. The lowest BCUT2D eigenvalue weighted by Crippen LogP contribution is -2.65. The Morgan fingerprint density at radius 3 is 1.64 bits per heavy atom. The molecule has 1 aromatic carbocycles. The Balaban J connectivity index is 1.72. The van der Waals surface area contributed by atoms with E-state index < -0.39 is 119 Å². The highest BCUT2D eigenvalue weighted by Gasteiger charge is 2.42. The average Bonchev–Trinajstić information content (AvgIpc) is 4.06. The summed E-state index contributed by atoms with van der Waals surface area (Å²) in [7, 11) is 1.50. The van der Waals surface area contributed by atoms with Gasteiger partial charge < -0.3 is 52.8 Å². The van der Waals surface area contributed by atoms with Gasteiger partial charge in [-0.1, -0.05) is 73.6 Å². The first-order valence-corrected chi connectivity index (χ1v) is 29.9. The van der Waals surface area contributed by atoms with Crippen molar-refractivity contribution in [2.75, 3.05) is 39.8 Å². The summed E-state index contributed by atoms with van der Waals surface area (Å²) in [5.74, 6) is -8.21. The summed E-state index contributed by atoms with van der Waals surface area (Å²) in [6.07, 6.45) is 4.00. The van der Waals surface area contributed by atoms with Gasteiger partial charge in [0.15, 0.2) is 0 Å². The Labute approximate surface area is 495 Å². The van der Waals surface area contributed by atoms with E-state index in [0.717, 1.165) is 32.1 Å². The summed E-state index contributed by atoms with van der Waals surface area (Å²) in [6.45, 7) is 19.8. The van der Waals surface area contributed by atoms with Crippen molar-refractivity contribution in [2.45, 2.75) is 214 Å². The van der Waals surface area contributed by atoms with Crippen LogP contribution in [0.4, 0.5) is 13.2 Å². The Morgan fingerprint density at radius 1 is 0.595 bits per heavy atom. The third-order valence-corrected chi connectivity index (χ3v) is 15.0. The molecule has 3 rings (SSSR count). The summed E-state index contributed by atoms with van der Waals surface area (Å²) >= 11 is 0. The molecular weight excluding hydrogens is 1090 g/mol. The molecule has 1 aliphatic heterocycles.